The molecule has 2 heterocycles. The minimum absolute atomic E-state index is 0.331. The zero-order valence-electron chi connectivity index (χ0n) is 28.9. The summed E-state index contributed by atoms with van der Waals surface area (Å²) in [5.41, 5.74) is 8.11. The van der Waals surface area contributed by atoms with E-state index in [2.05, 4.69) is 38.1 Å². The second kappa shape index (κ2) is 12.4. The molecule has 0 saturated heterocycles. The molecule has 49 heavy (non-hydrogen) atoms. The van der Waals surface area contributed by atoms with E-state index in [1.807, 2.05) is 77.9 Å². The fourth-order valence-corrected chi connectivity index (χ4v) is 6.62. The average Bonchev–Trinajstić information content (AvgIpc) is 3.53. The number of imide groups is 2. The average molecular weight is 655 g/mol. The number of hydrogen-bond acceptors (Lipinski definition) is 6. The van der Waals surface area contributed by atoms with Crippen molar-refractivity contribution in [1.82, 2.24) is 0 Å². The highest BCUT2D eigenvalue weighted by atomic mass is 16.5. The van der Waals surface area contributed by atoms with Gasteiger partial charge in [0.2, 0.25) is 0 Å². The fourth-order valence-electron chi connectivity index (χ4n) is 6.62. The lowest BCUT2D eigenvalue weighted by molar-refractivity contribution is -0.121. The van der Waals surface area contributed by atoms with Gasteiger partial charge in [-0.05, 0) is 122 Å². The van der Waals surface area contributed by atoms with Crippen molar-refractivity contribution in [2.24, 2.45) is 0 Å². The molecule has 0 bridgehead atoms. The molecule has 4 amide bonds. The standard InChI is InChI=1S/C41H38N2O6/c1-23-17-29(9-11-33(23)48-31-19-25(3)39(26(4)20-31)42-35(44)13-14-36(42)45)41(7,8)30-10-12-34(24(2)18-30)49-32-21-27(5)40(28(6)22-32)43-37(46)15-16-38(43)47/h9-22H,1-8H3. The van der Waals surface area contributed by atoms with E-state index in [9.17, 15) is 19.2 Å². The van der Waals surface area contributed by atoms with Gasteiger partial charge < -0.3 is 9.47 Å². The molecule has 0 aromatic heterocycles. The lowest BCUT2D eigenvalue weighted by Gasteiger charge is -2.28. The summed E-state index contributed by atoms with van der Waals surface area (Å²) in [7, 11) is 0. The van der Waals surface area contributed by atoms with Crippen LogP contribution in [0, 0.1) is 41.5 Å². The quantitative estimate of drug-likeness (QED) is 0.178. The Hall–Kier alpha value is -5.76. The number of ether oxygens (including phenoxy) is 2. The first kappa shape index (κ1) is 33.2. The first-order chi connectivity index (χ1) is 23.1. The molecule has 8 heteroatoms. The van der Waals surface area contributed by atoms with Crippen LogP contribution in [0.15, 0.2) is 85.0 Å². The van der Waals surface area contributed by atoms with Gasteiger partial charge in [0.15, 0.2) is 0 Å². The van der Waals surface area contributed by atoms with Crippen LogP contribution in [0.2, 0.25) is 0 Å². The first-order valence-electron chi connectivity index (χ1n) is 16.1. The highest BCUT2D eigenvalue weighted by Gasteiger charge is 2.30. The maximum absolute atomic E-state index is 12.3. The van der Waals surface area contributed by atoms with Gasteiger partial charge in [-0.2, -0.15) is 0 Å². The van der Waals surface area contributed by atoms with Crippen molar-refractivity contribution < 1.29 is 28.7 Å². The topological polar surface area (TPSA) is 93.2 Å². The molecule has 8 nitrogen and oxygen atoms in total. The summed E-state index contributed by atoms with van der Waals surface area (Å²) in [5.74, 6) is 1.30. The predicted molar refractivity (Wildman–Crippen MR) is 190 cm³/mol. The van der Waals surface area contributed by atoms with E-state index in [0.717, 1.165) is 44.5 Å². The minimum atomic E-state index is -0.346. The van der Waals surface area contributed by atoms with Crippen molar-refractivity contribution >= 4 is 35.0 Å². The second-order valence-corrected chi connectivity index (χ2v) is 13.3. The van der Waals surface area contributed by atoms with Gasteiger partial charge >= 0.3 is 0 Å². The van der Waals surface area contributed by atoms with Crippen LogP contribution < -0.4 is 19.3 Å². The van der Waals surface area contributed by atoms with Gasteiger partial charge in [-0.3, -0.25) is 19.2 Å². The lowest BCUT2D eigenvalue weighted by Crippen LogP contribution is -2.30. The van der Waals surface area contributed by atoms with Crippen LogP contribution in [0.25, 0.3) is 0 Å². The molecule has 6 rings (SSSR count). The van der Waals surface area contributed by atoms with Gasteiger partial charge in [0.05, 0.1) is 11.4 Å². The van der Waals surface area contributed by atoms with E-state index in [1.165, 1.54) is 34.1 Å². The number of amides is 4. The Kier molecular flexibility index (Phi) is 8.36. The molecule has 2 aliphatic heterocycles. The van der Waals surface area contributed by atoms with Crippen molar-refractivity contribution in [2.75, 3.05) is 9.80 Å². The Morgan fingerprint density at radius 3 is 1.04 bits per heavy atom. The summed E-state index contributed by atoms with van der Waals surface area (Å²) < 4.78 is 12.6. The zero-order valence-corrected chi connectivity index (χ0v) is 28.9. The zero-order chi connectivity index (χ0) is 35.4. The number of anilines is 2. The normalized spacial score (nSPS) is 14.4. The third-order valence-corrected chi connectivity index (χ3v) is 9.24. The molecule has 248 valence electrons. The Labute approximate surface area is 286 Å². The van der Waals surface area contributed by atoms with Gasteiger partial charge in [0.25, 0.3) is 23.6 Å². The van der Waals surface area contributed by atoms with Crippen molar-refractivity contribution in [3.63, 3.8) is 0 Å². The summed E-state index contributed by atoms with van der Waals surface area (Å²) in [5, 5.41) is 0. The molecule has 0 saturated carbocycles. The van der Waals surface area contributed by atoms with Crippen molar-refractivity contribution in [1.29, 1.82) is 0 Å². The molecule has 0 atom stereocenters. The molecule has 0 fully saturated rings. The van der Waals surface area contributed by atoms with Gasteiger partial charge in [-0.15, -0.1) is 0 Å². The van der Waals surface area contributed by atoms with E-state index in [1.54, 1.807) is 0 Å². The lowest BCUT2D eigenvalue weighted by atomic mass is 9.77. The van der Waals surface area contributed by atoms with E-state index in [-0.39, 0.29) is 29.0 Å². The Bertz CT molecular complexity index is 1920. The molecule has 2 aliphatic rings. The van der Waals surface area contributed by atoms with E-state index in [4.69, 9.17) is 9.47 Å². The number of hydrogen-bond donors (Lipinski definition) is 0. The van der Waals surface area contributed by atoms with Gasteiger partial charge in [-0.25, -0.2) is 9.80 Å². The first-order valence-corrected chi connectivity index (χ1v) is 16.1. The maximum atomic E-state index is 12.3. The van der Waals surface area contributed by atoms with Gasteiger partial charge in [0.1, 0.15) is 23.0 Å². The molecular weight excluding hydrogens is 616 g/mol. The molecule has 4 aromatic rings. The van der Waals surface area contributed by atoms with Crippen LogP contribution >= 0.6 is 0 Å². The van der Waals surface area contributed by atoms with E-state index in [0.29, 0.717) is 34.4 Å². The number of rotatable bonds is 8. The maximum Gasteiger partial charge on any atom is 0.258 e. The van der Waals surface area contributed by atoms with Crippen LogP contribution in [0.1, 0.15) is 58.4 Å². The van der Waals surface area contributed by atoms with Crippen LogP contribution in [0.5, 0.6) is 23.0 Å². The molecule has 0 aliphatic carbocycles. The molecule has 0 radical (unpaired) electrons. The number of carbonyl (C=O) groups excluding carboxylic acids is 4. The predicted octanol–water partition coefficient (Wildman–Crippen LogP) is 8.31. The summed E-state index contributed by atoms with van der Waals surface area (Å²) in [6.45, 7) is 15.8. The fraction of sp³-hybridized carbons (Fsp3) is 0.220. The van der Waals surface area contributed by atoms with Crippen LogP contribution in [-0.2, 0) is 24.6 Å². The second-order valence-electron chi connectivity index (χ2n) is 13.3. The van der Waals surface area contributed by atoms with Gasteiger partial charge in [0, 0.05) is 29.7 Å². The van der Waals surface area contributed by atoms with Crippen LogP contribution in [-0.4, -0.2) is 23.6 Å². The SMILES string of the molecule is Cc1cc(C(C)(C)c2ccc(Oc3cc(C)c(N4C(=O)C=CC4=O)c(C)c3)c(C)c2)ccc1Oc1cc(C)c(N2C(=O)C=CC2=O)c(C)c1. The highest BCUT2D eigenvalue weighted by molar-refractivity contribution is 6.29. The van der Waals surface area contributed by atoms with Crippen molar-refractivity contribution in [3.8, 4) is 23.0 Å². The Morgan fingerprint density at radius 2 is 0.755 bits per heavy atom. The summed E-state index contributed by atoms with van der Waals surface area (Å²) in [6.07, 6.45) is 5.14. The Balaban J connectivity index is 1.19. The van der Waals surface area contributed by atoms with Gasteiger partial charge in [-0.1, -0.05) is 38.1 Å². The van der Waals surface area contributed by atoms with Crippen LogP contribution in [0.4, 0.5) is 11.4 Å². The van der Waals surface area contributed by atoms with E-state index >= 15 is 0 Å². The highest BCUT2D eigenvalue weighted by Crippen LogP contribution is 2.40. The third kappa shape index (κ3) is 6.06. The smallest absolute Gasteiger partial charge is 0.258 e. The Morgan fingerprint density at radius 1 is 0.449 bits per heavy atom. The summed E-state index contributed by atoms with van der Waals surface area (Å²) in [4.78, 5) is 51.5. The monoisotopic (exact) mass is 654 g/mol. The number of carbonyl (C=O) groups is 4. The summed E-state index contributed by atoms with van der Waals surface area (Å²) >= 11 is 0. The van der Waals surface area contributed by atoms with Crippen LogP contribution in [0.3, 0.4) is 0 Å². The molecular formula is C41H38N2O6. The molecule has 0 unspecified atom stereocenters. The molecule has 0 N–H and O–H groups in total. The third-order valence-electron chi connectivity index (χ3n) is 9.24. The number of aryl methyl sites for hydroxylation is 6. The van der Waals surface area contributed by atoms with Crippen molar-refractivity contribution in [3.05, 3.63) is 129 Å². The number of nitrogens with zero attached hydrogens (tertiary/aromatic N) is 2. The minimum Gasteiger partial charge on any atom is -0.457 e. The largest absolute Gasteiger partial charge is 0.457 e. The summed E-state index contributed by atoms with van der Waals surface area (Å²) in [6, 6.07) is 19.7. The van der Waals surface area contributed by atoms with Crippen molar-refractivity contribution in [2.45, 2.75) is 60.8 Å². The van der Waals surface area contributed by atoms with E-state index < -0.39 is 0 Å². The molecule has 0 spiro atoms. The molecule has 4 aromatic carbocycles. The number of benzene rings is 4.